The maximum absolute atomic E-state index is 13.2. The fraction of sp³-hybridized carbons (Fsp3) is 0.406. The van der Waals surface area contributed by atoms with E-state index in [0.717, 1.165) is 28.3 Å². The lowest BCUT2D eigenvalue weighted by atomic mass is 9.76. The number of hydrogen-bond acceptors (Lipinski definition) is 4. The molecule has 0 N–H and O–H groups in total. The summed E-state index contributed by atoms with van der Waals surface area (Å²) in [7, 11) is 0. The highest BCUT2D eigenvalue weighted by atomic mass is 35.5. The van der Waals surface area contributed by atoms with E-state index in [9.17, 15) is 9.18 Å². The molecule has 206 valence electrons. The van der Waals surface area contributed by atoms with Crippen LogP contribution in [-0.4, -0.2) is 50.2 Å². The van der Waals surface area contributed by atoms with Crippen molar-refractivity contribution in [3.05, 3.63) is 94.8 Å². The zero-order valence-electron chi connectivity index (χ0n) is 22.6. The second-order valence-corrected chi connectivity index (χ2v) is 11.2. The van der Waals surface area contributed by atoms with E-state index in [0.29, 0.717) is 50.4 Å². The number of carbonyl (C=O) groups excluding carboxylic acids is 1. The minimum Gasteiger partial charge on any atom is -0.484 e. The van der Waals surface area contributed by atoms with Gasteiger partial charge in [0.2, 0.25) is 0 Å². The quantitative estimate of drug-likeness (QED) is 0.327. The molecule has 2 aliphatic heterocycles. The Morgan fingerprint density at radius 2 is 1.77 bits per heavy atom. The number of piperazine rings is 1. The first-order chi connectivity index (χ1) is 18.9. The molecule has 7 heteroatoms. The summed E-state index contributed by atoms with van der Waals surface area (Å²) >= 11 is 6.50. The van der Waals surface area contributed by atoms with E-state index in [4.69, 9.17) is 21.1 Å². The van der Waals surface area contributed by atoms with Crippen LogP contribution in [0.3, 0.4) is 0 Å². The van der Waals surface area contributed by atoms with Crippen molar-refractivity contribution in [1.29, 1.82) is 0 Å². The van der Waals surface area contributed by atoms with Crippen LogP contribution in [0.4, 0.5) is 10.1 Å². The second-order valence-electron chi connectivity index (χ2n) is 10.8. The molecule has 0 aliphatic carbocycles. The molecule has 3 aromatic rings. The third-order valence-corrected chi connectivity index (χ3v) is 8.34. The summed E-state index contributed by atoms with van der Waals surface area (Å²) in [5, 5.41) is 0.795. The first-order valence-corrected chi connectivity index (χ1v) is 14.1. The van der Waals surface area contributed by atoms with Gasteiger partial charge >= 0.3 is 0 Å². The second kappa shape index (κ2) is 12.4. The normalized spacial score (nSPS) is 21.7. The summed E-state index contributed by atoms with van der Waals surface area (Å²) in [6, 6.07) is 22.5. The Kier molecular flexibility index (Phi) is 8.73. The number of nitrogens with zero attached hydrogens (tertiary/aromatic N) is 2. The van der Waals surface area contributed by atoms with Gasteiger partial charge in [0.25, 0.3) is 5.91 Å². The highest BCUT2D eigenvalue weighted by Gasteiger charge is 2.35. The van der Waals surface area contributed by atoms with Gasteiger partial charge in [0.05, 0.1) is 12.7 Å². The molecule has 1 amide bonds. The number of benzene rings is 3. The molecule has 0 radical (unpaired) electrons. The summed E-state index contributed by atoms with van der Waals surface area (Å²) in [6.07, 6.45) is 0.960. The first-order valence-electron chi connectivity index (χ1n) is 13.8. The van der Waals surface area contributed by atoms with Crippen LogP contribution in [0, 0.1) is 17.7 Å². The van der Waals surface area contributed by atoms with Crippen molar-refractivity contribution in [3.8, 4) is 5.75 Å². The molecule has 5 rings (SSSR count). The van der Waals surface area contributed by atoms with Crippen LogP contribution < -0.4 is 9.64 Å². The van der Waals surface area contributed by atoms with E-state index in [-0.39, 0.29) is 30.4 Å². The summed E-state index contributed by atoms with van der Waals surface area (Å²) < 4.78 is 25.7. The van der Waals surface area contributed by atoms with Gasteiger partial charge in [-0.15, -0.1) is 0 Å². The molecule has 0 unspecified atom stereocenters. The smallest absolute Gasteiger partial charge is 0.260 e. The summed E-state index contributed by atoms with van der Waals surface area (Å²) in [6.45, 7) is 7.72. The standard InChI is InChI=1S/C32H36ClFN2O3/c1-22(2)29-19-24(28-8-3-4-9-30(28)33)20-39-32(29)23-6-5-7-27(18-23)38-21-31(37)36-16-14-35(15-17-36)26-12-10-25(34)11-13-26/h3-13,18,22,24,29,32H,14-17,19-21H2,1-2H3/t24-,29-,32-/m0/s1. The Labute approximate surface area is 235 Å². The zero-order valence-corrected chi connectivity index (χ0v) is 23.3. The molecule has 3 aromatic carbocycles. The van der Waals surface area contributed by atoms with Gasteiger partial charge in [-0.05, 0) is 71.8 Å². The van der Waals surface area contributed by atoms with Crippen molar-refractivity contribution < 1.29 is 18.7 Å². The maximum atomic E-state index is 13.2. The largest absolute Gasteiger partial charge is 0.484 e. The Bertz CT molecular complexity index is 1260. The molecule has 3 atom stereocenters. The van der Waals surface area contributed by atoms with Crippen molar-refractivity contribution in [2.24, 2.45) is 11.8 Å². The van der Waals surface area contributed by atoms with Gasteiger partial charge < -0.3 is 19.3 Å². The molecule has 39 heavy (non-hydrogen) atoms. The third kappa shape index (κ3) is 6.56. The van der Waals surface area contributed by atoms with Crippen LogP contribution in [0.2, 0.25) is 5.02 Å². The molecule has 0 saturated carbocycles. The molecule has 0 spiro atoms. The molecule has 2 heterocycles. The highest BCUT2D eigenvalue weighted by Crippen LogP contribution is 2.45. The van der Waals surface area contributed by atoms with Crippen molar-refractivity contribution in [1.82, 2.24) is 4.90 Å². The fourth-order valence-corrected chi connectivity index (χ4v) is 6.03. The molecule has 2 aliphatic rings. The Morgan fingerprint density at radius 3 is 2.49 bits per heavy atom. The lowest BCUT2D eigenvalue weighted by Crippen LogP contribution is -2.50. The average Bonchev–Trinajstić information content (AvgIpc) is 2.96. The van der Waals surface area contributed by atoms with E-state index in [1.54, 1.807) is 12.1 Å². The van der Waals surface area contributed by atoms with Gasteiger partial charge in [-0.2, -0.15) is 0 Å². The van der Waals surface area contributed by atoms with E-state index in [1.807, 2.05) is 41.3 Å². The van der Waals surface area contributed by atoms with Gasteiger partial charge in [0, 0.05) is 42.8 Å². The number of rotatable bonds is 7. The molecular weight excluding hydrogens is 515 g/mol. The van der Waals surface area contributed by atoms with Gasteiger partial charge in [0.15, 0.2) is 6.61 Å². The molecule has 0 bridgehead atoms. The number of anilines is 1. The number of hydrogen-bond donors (Lipinski definition) is 0. The number of ether oxygens (including phenoxy) is 2. The predicted molar refractivity (Wildman–Crippen MR) is 153 cm³/mol. The lowest BCUT2D eigenvalue weighted by molar-refractivity contribution is -0.133. The fourth-order valence-electron chi connectivity index (χ4n) is 5.74. The summed E-state index contributed by atoms with van der Waals surface area (Å²) in [5.41, 5.74) is 3.20. The van der Waals surface area contributed by atoms with Crippen LogP contribution in [0.15, 0.2) is 72.8 Å². The third-order valence-electron chi connectivity index (χ3n) is 8.00. The van der Waals surface area contributed by atoms with Crippen molar-refractivity contribution in [2.45, 2.75) is 32.3 Å². The predicted octanol–water partition coefficient (Wildman–Crippen LogP) is 6.72. The number of amides is 1. The highest BCUT2D eigenvalue weighted by molar-refractivity contribution is 6.31. The molecule has 2 saturated heterocycles. The van der Waals surface area contributed by atoms with Crippen molar-refractivity contribution in [2.75, 3.05) is 44.3 Å². The Balaban J connectivity index is 1.17. The molecule has 2 fully saturated rings. The number of halogens is 2. The van der Waals surface area contributed by atoms with Gasteiger partial charge in [-0.1, -0.05) is 55.8 Å². The van der Waals surface area contributed by atoms with Gasteiger partial charge in [0.1, 0.15) is 11.6 Å². The summed E-state index contributed by atoms with van der Waals surface area (Å²) in [5.74, 6) is 1.42. The lowest BCUT2D eigenvalue weighted by Gasteiger charge is -2.39. The van der Waals surface area contributed by atoms with E-state index in [2.05, 4.69) is 30.9 Å². The van der Waals surface area contributed by atoms with Crippen LogP contribution in [0.1, 0.15) is 43.4 Å². The monoisotopic (exact) mass is 550 g/mol. The average molecular weight is 551 g/mol. The molecular formula is C32H36ClFN2O3. The van der Waals surface area contributed by atoms with E-state index < -0.39 is 0 Å². The van der Waals surface area contributed by atoms with Gasteiger partial charge in [-0.3, -0.25) is 4.79 Å². The Morgan fingerprint density at radius 1 is 1.03 bits per heavy atom. The topological polar surface area (TPSA) is 42.0 Å². The van der Waals surface area contributed by atoms with Gasteiger partial charge in [-0.25, -0.2) is 4.39 Å². The van der Waals surface area contributed by atoms with E-state index in [1.165, 1.54) is 12.1 Å². The SMILES string of the molecule is CC(C)[C@@H]1C[C@H](c2ccccc2Cl)CO[C@H]1c1cccc(OCC(=O)N2CCN(c3ccc(F)cc3)CC2)c1. The summed E-state index contributed by atoms with van der Waals surface area (Å²) in [4.78, 5) is 16.9. The first kappa shape index (κ1) is 27.5. The molecule has 0 aromatic heterocycles. The van der Waals surface area contributed by atoms with E-state index >= 15 is 0 Å². The van der Waals surface area contributed by atoms with Crippen LogP contribution in [0.5, 0.6) is 5.75 Å². The van der Waals surface area contributed by atoms with Crippen LogP contribution in [0.25, 0.3) is 0 Å². The van der Waals surface area contributed by atoms with Crippen LogP contribution >= 0.6 is 11.6 Å². The Hall–Kier alpha value is -3.09. The zero-order chi connectivity index (χ0) is 27.4. The van der Waals surface area contributed by atoms with Crippen molar-refractivity contribution >= 4 is 23.2 Å². The number of carbonyl (C=O) groups is 1. The maximum Gasteiger partial charge on any atom is 0.260 e. The minimum absolute atomic E-state index is 0.00624. The van der Waals surface area contributed by atoms with Crippen LogP contribution in [-0.2, 0) is 9.53 Å². The minimum atomic E-state index is -0.246. The van der Waals surface area contributed by atoms with Crippen molar-refractivity contribution in [3.63, 3.8) is 0 Å². The molecule has 5 nitrogen and oxygen atoms in total.